The van der Waals surface area contributed by atoms with Gasteiger partial charge in [0.2, 0.25) is 0 Å². The summed E-state index contributed by atoms with van der Waals surface area (Å²) in [5.74, 6) is -3.95. The SMILES string of the molecule is CCOC(=O)C(C(=O)OCC)[C@H]1CC[C@@](C)(C(=O)OCC)N1C(=O)c1ccccc1. The van der Waals surface area contributed by atoms with Crippen molar-refractivity contribution in [3.05, 3.63) is 35.9 Å². The minimum Gasteiger partial charge on any atom is -0.465 e. The fraction of sp³-hybridized carbons (Fsp3) is 0.545. The molecule has 1 heterocycles. The van der Waals surface area contributed by atoms with Crippen molar-refractivity contribution >= 4 is 23.8 Å². The minimum atomic E-state index is -1.35. The van der Waals surface area contributed by atoms with Crippen molar-refractivity contribution in [3.8, 4) is 0 Å². The second kappa shape index (κ2) is 10.2. The monoisotopic (exact) mass is 419 g/mol. The Bertz CT molecular complexity index is 761. The van der Waals surface area contributed by atoms with Gasteiger partial charge in [0, 0.05) is 5.56 Å². The van der Waals surface area contributed by atoms with E-state index in [0.717, 1.165) is 0 Å². The number of likely N-dealkylation sites (tertiary alicyclic amines) is 1. The normalized spacial score (nSPS) is 20.7. The van der Waals surface area contributed by atoms with Crippen molar-refractivity contribution in [2.75, 3.05) is 19.8 Å². The Balaban J connectivity index is 2.54. The highest BCUT2D eigenvalue weighted by atomic mass is 16.6. The average molecular weight is 419 g/mol. The predicted molar refractivity (Wildman–Crippen MR) is 107 cm³/mol. The Kier molecular flexibility index (Phi) is 7.97. The van der Waals surface area contributed by atoms with E-state index in [0.29, 0.717) is 5.56 Å². The zero-order chi connectivity index (χ0) is 22.3. The summed E-state index contributed by atoms with van der Waals surface area (Å²) in [6, 6.07) is 7.51. The second-order valence-electron chi connectivity index (χ2n) is 7.12. The average Bonchev–Trinajstić information content (AvgIpc) is 3.07. The lowest BCUT2D eigenvalue weighted by Gasteiger charge is -2.38. The lowest BCUT2D eigenvalue weighted by atomic mass is 9.97. The van der Waals surface area contributed by atoms with Crippen LogP contribution in [0.2, 0.25) is 0 Å². The first-order valence-corrected chi connectivity index (χ1v) is 10.2. The summed E-state index contributed by atoms with van der Waals surface area (Å²) in [5.41, 5.74) is -0.989. The Hall–Kier alpha value is -2.90. The fourth-order valence-electron chi connectivity index (χ4n) is 3.82. The van der Waals surface area contributed by atoms with E-state index in [-0.39, 0.29) is 32.7 Å². The van der Waals surface area contributed by atoms with Crippen LogP contribution in [-0.2, 0) is 28.6 Å². The molecule has 1 amide bonds. The standard InChI is InChI=1S/C22H29NO7/c1-5-28-19(25)17(20(26)29-6-2)16-13-14-22(4,21(27)30-7-3)23(16)18(24)15-11-9-8-10-12-15/h8-12,16-17H,5-7,13-14H2,1-4H3/t16-,22+/m1/s1. The number of esters is 3. The molecule has 2 rings (SSSR count). The number of benzene rings is 1. The fourth-order valence-corrected chi connectivity index (χ4v) is 3.82. The van der Waals surface area contributed by atoms with Crippen LogP contribution in [0.15, 0.2) is 30.3 Å². The highest BCUT2D eigenvalue weighted by Gasteiger charge is 2.57. The van der Waals surface area contributed by atoms with Crippen molar-refractivity contribution in [3.63, 3.8) is 0 Å². The highest BCUT2D eigenvalue weighted by molar-refractivity contribution is 6.01. The van der Waals surface area contributed by atoms with E-state index in [1.54, 1.807) is 58.0 Å². The Labute approximate surface area is 176 Å². The maximum atomic E-state index is 13.5. The van der Waals surface area contributed by atoms with E-state index in [9.17, 15) is 19.2 Å². The van der Waals surface area contributed by atoms with Crippen LogP contribution in [0.1, 0.15) is 50.9 Å². The first-order valence-electron chi connectivity index (χ1n) is 10.2. The molecule has 164 valence electrons. The molecule has 1 aromatic carbocycles. The number of amides is 1. The molecule has 0 aromatic heterocycles. The van der Waals surface area contributed by atoms with Gasteiger partial charge in [-0.15, -0.1) is 0 Å². The van der Waals surface area contributed by atoms with E-state index in [4.69, 9.17) is 14.2 Å². The second-order valence-corrected chi connectivity index (χ2v) is 7.12. The molecule has 30 heavy (non-hydrogen) atoms. The van der Waals surface area contributed by atoms with Crippen LogP contribution in [0.4, 0.5) is 0 Å². The minimum absolute atomic E-state index is 0.0727. The molecule has 1 fully saturated rings. The largest absolute Gasteiger partial charge is 0.465 e. The van der Waals surface area contributed by atoms with Crippen LogP contribution in [0.5, 0.6) is 0 Å². The molecule has 1 saturated heterocycles. The smallest absolute Gasteiger partial charge is 0.331 e. The van der Waals surface area contributed by atoms with Gasteiger partial charge < -0.3 is 19.1 Å². The van der Waals surface area contributed by atoms with Gasteiger partial charge >= 0.3 is 17.9 Å². The first kappa shape index (κ1) is 23.4. The Morgan fingerprint density at radius 2 is 1.50 bits per heavy atom. The molecule has 1 aliphatic rings. The summed E-state index contributed by atoms with van der Waals surface area (Å²) in [5, 5.41) is 0. The van der Waals surface area contributed by atoms with Gasteiger partial charge in [-0.25, -0.2) is 4.79 Å². The number of carbonyl (C=O) groups excluding carboxylic acids is 4. The third-order valence-electron chi connectivity index (χ3n) is 5.21. The third kappa shape index (κ3) is 4.63. The van der Waals surface area contributed by atoms with E-state index < -0.39 is 41.3 Å². The first-order chi connectivity index (χ1) is 14.3. The summed E-state index contributed by atoms with van der Waals surface area (Å²) in [7, 11) is 0. The summed E-state index contributed by atoms with van der Waals surface area (Å²) >= 11 is 0. The van der Waals surface area contributed by atoms with Crippen molar-refractivity contribution in [2.45, 2.75) is 52.1 Å². The zero-order valence-electron chi connectivity index (χ0n) is 17.9. The van der Waals surface area contributed by atoms with Crippen LogP contribution >= 0.6 is 0 Å². The van der Waals surface area contributed by atoms with Gasteiger partial charge in [0.05, 0.1) is 25.9 Å². The van der Waals surface area contributed by atoms with E-state index in [1.807, 2.05) is 0 Å². The predicted octanol–water partition coefficient (Wildman–Crippen LogP) is 2.36. The lowest BCUT2D eigenvalue weighted by molar-refractivity contribution is -0.167. The van der Waals surface area contributed by atoms with Gasteiger partial charge in [-0.2, -0.15) is 0 Å². The summed E-state index contributed by atoms with van der Waals surface area (Å²) in [4.78, 5) is 53.0. The third-order valence-corrected chi connectivity index (χ3v) is 5.21. The number of ether oxygens (including phenoxy) is 3. The number of nitrogens with zero attached hydrogens (tertiary/aromatic N) is 1. The molecule has 0 bridgehead atoms. The molecule has 0 radical (unpaired) electrons. The molecular weight excluding hydrogens is 390 g/mol. The summed E-state index contributed by atoms with van der Waals surface area (Å²) in [6.07, 6.45) is 0.487. The maximum absolute atomic E-state index is 13.5. The van der Waals surface area contributed by atoms with Gasteiger partial charge in [0.1, 0.15) is 5.54 Å². The Morgan fingerprint density at radius 3 is 2.00 bits per heavy atom. The van der Waals surface area contributed by atoms with Gasteiger partial charge in [-0.1, -0.05) is 18.2 Å². The van der Waals surface area contributed by atoms with Crippen molar-refractivity contribution < 1.29 is 33.4 Å². The van der Waals surface area contributed by atoms with Crippen LogP contribution < -0.4 is 0 Å². The topological polar surface area (TPSA) is 99.2 Å². The van der Waals surface area contributed by atoms with E-state index >= 15 is 0 Å². The van der Waals surface area contributed by atoms with E-state index in [1.165, 1.54) is 4.90 Å². The molecule has 8 heteroatoms. The molecule has 0 aliphatic carbocycles. The van der Waals surface area contributed by atoms with Gasteiger partial charge in [0.25, 0.3) is 5.91 Å². The molecule has 0 saturated carbocycles. The number of carbonyl (C=O) groups is 4. The summed E-state index contributed by atoms with van der Waals surface area (Å²) in [6.45, 7) is 6.82. The van der Waals surface area contributed by atoms with Crippen LogP contribution in [-0.4, -0.2) is 60.1 Å². The molecule has 2 atom stereocenters. The number of rotatable bonds is 8. The van der Waals surface area contributed by atoms with E-state index in [2.05, 4.69) is 0 Å². The molecule has 0 spiro atoms. The quantitative estimate of drug-likeness (QED) is 0.362. The number of hydrogen-bond donors (Lipinski definition) is 0. The highest BCUT2D eigenvalue weighted by Crippen LogP contribution is 2.40. The zero-order valence-corrected chi connectivity index (χ0v) is 17.9. The number of hydrogen-bond acceptors (Lipinski definition) is 7. The maximum Gasteiger partial charge on any atom is 0.331 e. The summed E-state index contributed by atoms with van der Waals surface area (Å²) < 4.78 is 15.4. The molecule has 8 nitrogen and oxygen atoms in total. The van der Waals surface area contributed by atoms with Crippen LogP contribution in [0, 0.1) is 5.92 Å². The van der Waals surface area contributed by atoms with Gasteiger partial charge in [0.15, 0.2) is 5.92 Å². The molecular formula is C22H29NO7. The Morgan fingerprint density at radius 1 is 0.967 bits per heavy atom. The molecule has 1 aromatic rings. The van der Waals surface area contributed by atoms with Crippen LogP contribution in [0.25, 0.3) is 0 Å². The van der Waals surface area contributed by atoms with Gasteiger partial charge in [-0.3, -0.25) is 14.4 Å². The van der Waals surface area contributed by atoms with Crippen molar-refractivity contribution in [1.82, 2.24) is 4.90 Å². The molecule has 1 aliphatic heterocycles. The molecule has 0 N–H and O–H groups in total. The molecule has 0 unspecified atom stereocenters. The van der Waals surface area contributed by atoms with Gasteiger partial charge in [-0.05, 0) is 52.7 Å². The lowest BCUT2D eigenvalue weighted by Crippen LogP contribution is -2.57. The van der Waals surface area contributed by atoms with Crippen LogP contribution in [0.3, 0.4) is 0 Å². The van der Waals surface area contributed by atoms with Crippen molar-refractivity contribution in [1.29, 1.82) is 0 Å². The van der Waals surface area contributed by atoms with Crippen molar-refractivity contribution in [2.24, 2.45) is 5.92 Å².